The molecule has 7 heteroatoms. The zero-order chi connectivity index (χ0) is 42.1. The summed E-state index contributed by atoms with van der Waals surface area (Å²) >= 11 is 0. The lowest BCUT2D eigenvalue weighted by atomic mass is 9.77. The van der Waals surface area contributed by atoms with E-state index < -0.39 is 10.1 Å². The lowest BCUT2D eigenvalue weighted by molar-refractivity contribution is -0.401. The van der Waals surface area contributed by atoms with Crippen molar-refractivity contribution in [1.82, 2.24) is 0 Å². The number of aryl methyl sites for hydroxylation is 1. The van der Waals surface area contributed by atoms with Crippen LogP contribution < -0.4 is 9.64 Å². The van der Waals surface area contributed by atoms with Crippen molar-refractivity contribution in [3.63, 3.8) is 0 Å². The van der Waals surface area contributed by atoms with Crippen LogP contribution in [0, 0.1) is 6.92 Å². The van der Waals surface area contributed by atoms with Crippen LogP contribution in [0.4, 0.5) is 11.4 Å². The third-order valence-electron chi connectivity index (χ3n) is 13.1. The third-order valence-corrected chi connectivity index (χ3v) is 14.0. The van der Waals surface area contributed by atoms with Gasteiger partial charge in [-0.25, -0.2) is 0 Å². The average molecular weight is 812 g/mol. The highest BCUT2D eigenvalue weighted by Gasteiger charge is 2.44. The van der Waals surface area contributed by atoms with Crippen molar-refractivity contribution >= 4 is 48.7 Å². The van der Waals surface area contributed by atoms with E-state index in [1.807, 2.05) is 37.3 Å². The molecule has 0 saturated heterocycles. The van der Waals surface area contributed by atoms with E-state index in [2.05, 4.69) is 148 Å². The van der Waals surface area contributed by atoms with Gasteiger partial charge in [0, 0.05) is 41.6 Å². The Kier molecular flexibility index (Phi) is 9.60. The molecular weight excluding hydrogens is 761 g/mol. The molecule has 9 rings (SSSR count). The van der Waals surface area contributed by atoms with Gasteiger partial charge in [-0.2, -0.15) is 13.0 Å². The maximum Gasteiger partial charge on any atom is 0.294 e. The van der Waals surface area contributed by atoms with Gasteiger partial charge in [-0.1, -0.05) is 98.8 Å². The second kappa shape index (κ2) is 14.6. The zero-order valence-corrected chi connectivity index (χ0v) is 36.1. The average Bonchev–Trinajstić information content (AvgIpc) is 3.56. The number of para-hydroxylation sites is 1. The van der Waals surface area contributed by atoms with Crippen molar-refractivity contribution in [3.8, 4) is 5.75 Å². The fourth-order valence-electron chi connectivity index (χ4n) is 10.2. The van der Waals surface area contributed by atoms with Crippen molar-refractivity contribution in [2.24, 2.45) is 0 Å². The first kappa shape index (κ1) is 39.4. The van der Waals surface area contributed by atoms with E-state index in [4.69, 9.17) is 4.74 Å². The summed E-state index contributed by atoms with van der Waals surface area (Å²) in [5, 5.41) is 4.95. The number of rotatable bonds is 7. The number of nitrogens with zero attached hydrogens (tertiary/aromatic N) is 2. The molecule has 0 bridgehead atoms. The van der Waals surface area contributed by atoms with Gasteiger partial charge in [0.1, 0.15) is 18.6 Å². The Morgan fingerprint density at radius 2 is 1.40 bits per heavy atom. The first-order valence-electron chi connectivity index (χ1n) is 20.7. The van der Waals surface area contributed by atoms with Gasteiger partial charge in [-0.15, -0.1) is 0 Å². The Balaban J connectivity index is 1.22. The number of anilines is 1. The summed E-state index contributed by atoms with van der Waals surface area (Å²) in [6.45, 7) is 11.2. The van der Waals surface area contributed by atoms with Gasteiger partial charge < -0.3 is 9.64 Å². The van der Waals surface area contributed by atoms with Crippen molar-refractivity contribution in [3.05, 3.63) is 190 Å². The van der Waals surface area contributed by atoms with Gasteiger partial charge >= 0.3 is 0 Å². The smallest absolute Gasteiger partial charge is 0.294 e. The summed E-state index contributed by atoms with van der Waals surface area (Å²) in [6, 6.07) is 40.9. The summed E-state index contributed by atoms with van der Waals surface area (Å²) in [7, 11) is -0.127. The van der Waals surface area contributed by atoms with Gasteiger partial charge in [-0.05, 0) is 137 Å². The molecule has 0 spiro atoms. The molecule has 1 aliphatic carbocycles. The molecule has 0 radical (unpaired) electrons. The Morgan fingerprint density at radius 3 is 2.10 bits per heavy atom. The first-order valence-corrected chi connectivity index (χ1v) is 22.1. The van der Waals surface area contributed by atoms with Gasteiger partial charge in [0.15, 0.2) is 5.71 Å². The Morgan fingerprint density at radius 1 is 0.750 bits per heavy atom. The summed E-state index contributed by atoms with van der Waals surface area (Å²) in [6.07, 6.45) is 10.1. The molecule has 60 heavy (non-hydrogen) atoms. The molecule has 1 N–H and O–H groups in total. The summed E-state index contributed by atoms with van der Waals surface area (Å²) in [4.78, 5) is 2.20. The highest BCUT2D eigenvalue weighted by molar-refractivity contribution is 7.85. The number of hydrogen-bond donors (Lipinski definition) is 1. The van der Waals surface area contributed by atoms with Crippen LogP contribution in [0.25, 0.3) is 21.5 Å². The molecule has 0 saturated carbocycles. The Hall–Kier alpha value is -6.02. The predicted octanol–water partition coefficient (Wildman–Crippen LogP) is 12.3. The summed E-state index contributed by atoms with van der Waals surface area (Å²) in [5.41, 5.74) is 10.6. The maximum atomic E-state index is 12.5. The third kappa shape index (κ3) is 6.61. The van der Waals surface area contributed by atoms with E-state index in [0.717, 1.165) is 33.8 Å². The van der Waals surface area contributed by atoms with Gasteiger partial charge in [0.2, 0.25) is 5.69 Å². The van der Waals surface area contributed by atoms with Crippen molar-refractivity contribution in [1.29, 1.82) is 0 Å². The van der Waals surface area contributed by atoms with E-state index in [0.29, 0.717) is 12.8 Å². The molecule has 3 aliphatic rings. The minimum atomic E-state index is -4.41. The van der Waals surface area contributed by atoms with Crippen LogP contribution >= 0.6 is 0 Å². The van der Waals surface area contributed by atoms with Gasteiger partial charge in [-0.3, -0.25) is 4.55 Å². The number of ether oxygens (including phenoxy) is 1. The molecule has 6 aromatic carbocycles. The number of allylic oxidation sites excluding steroid dienone is 7. The molecule has 2 aliphatic heterocycles. The molecule has 6 aromatic rings. The standard InChI is InChI=1S/C53H50N2O4S/c1-34-21-26-41(60(56,57)58)33-44(34)39-31-37(24-29-47-52(2,3)49-42-19-13-11-15-35(42)22-27-45(49)54(47)6)51(59-40-17-9-8-10-18-40)38(32-39)25-30-48-53(4,5)50-43-20-14-12-16-36(43)23-28-46(50)55(48)7/h8-30,33,39H,31-32H2,1-7H3/p+1. The zero-order valence-electron chi connectivity index (χ0n) is 35.3. The molecule has 1 unspecified atom stereocenters. The Labute approximate surface area is 353 Å². The fraction of sp³-hybridized carbons (Fsp3) is 0.226. The van der Waals surface area contributed by atoms with E-state index in [1.165, 1.54) is 61.5 Å². The lowest BCUT2D eigenvalue weighted by Crippen LogP contribution is -2.27. The Bertz CT molecular complexity index is 3020. The van der Waals surface area contributed by atoms with Crippen LogP contribution in [-0.2, 0) is 20.9 Å². The normalized spacial score (nSPS) is 19.9. The van der Waals surface area contributed by atoms with Gasteiger partial charge in [0.25, 0.3) is 10.1 Å². The first-order chi connectivity index (χ1) is 28.6. The molecule has 0 amide bonds. The lowest BCUT2D eigenvalue weighted by Gasteiger charge is -2.30. The molecule has 0 aromatic heterocycles. The van der Waals surface area contributed by atoms with E-state index in [-0.39, 0.29) is 21.6 Å². The van der Waals surface area contributed by atoms with Crippen LogP contribution in [-0.4, -0.2) is 37.4 Å². The van der Waals surface area contributed by atoms with E-state index >= 15 is 0 Å². The number of fused-ring (bicyclic) bond motifs is 6. The molecular formula is C53H51N2O4S+. The number of likely N-dealkylation sites (N-methyl/N-ethyl adjacent to an activating group) is 1. The largest absolute Gasteiger partial charge is 0.457 e. The summed E-state index contributed by atoms with van der Waals surface area (Å²) in [5.74, 6) is 1.43. The quantitative estimate of drug-likeness (QED) is 0.128. The van der Waals surface area contributed by atoms with Crippen molar-refractivity contribution < 1.29 is 22.3 Å². The van der Waals surface area contributed by atoms with Gasteiger partial charge in [0.05, 0.1) is 10.3 Å². The predicted molar refractivity (Wildman–Crippen MR) is 246 cm³/mol. The van der Waals surface area contributed by atoms with Crippen molar-refractivity contribution in [2.45, 2.75) is 69.1 Å². The SMILES string of the molecule is Cc1ccc(S(=O)(=O)O)cc1C1CC(/C=C/C2=[N+](C)c3ccc4ccccc4c3C2(C)C)=C(Oc2ccccc2)C(=C/C=C2/N(C)c3ccc4ccccc4c3C2(C)C)/C1. The van der Waals surface area contributed by atoms with Crippen LogP contribution in [0.1, 0.15) is 68.7 Å². The van der Waals surface area contributed by atoms with Crippen molar-refractivity contribution in [2.75, 3.05) is 19.0 Å². The number of benzene rings is 6. The molecule has 2 heterocycles. The van der Waals surface area contributed by atoms with E-state index in [1.54, 1.807) is 12.1 Å². The van der Waals surface area contributed by atoms with Crippen LogP contribution in [0.5, 0.6) is 5.75 Å². The molecule has 1 atom stereocenters. The maximum absolute atomic E-state index is 12.5. The highest BCUT2D eigenvalue weighted by atomic mass is 32.2. The fourth-order valence-corrected chi connectivity index (χ4v) is 10.7. The minimum absolute atomic E-state index is 0.0997. The molecule has 6 nitrogen and oxygen atoms in total. The van der Waals surface area contributed by atoms with Crippen LogP contribution in [0.3, 0.4) is 0 Å². The van der Waals surface area contributed by atoms with E-state index in [9.17, 15) is 13.0 Å². The summed E-state index contributed by atoms with van der Waals surface area (Å²) < 4.78 is 44.4. The topological polar surface area (TPSA) is 69.8 Å². The second-order valence-electron chi connectivity index (χ2n) is 17.6. The highest BCUT2D eigenvalue weighted by Crippen LogP contribution is 2.51. The minimum Gasteiger partial charge on any atom is -0.457 e. The van der Waals surface area contributed by atoms with Crippen LogP contribution in [0.2, 0.25) is 0 Å². The molecule has 302 valence electrons. The monoisotopic (exact) mass is 811 g/mol. The molecule has 0 fully saturated rings. The second-order valence-corrected chi connectivity index (χ2v) is 19.0. The van der Waals surface area contributed by atoms with Crippen LogP contribution in [0.15, 0.2) is 173 Å². The number of hydrogen-bond acceptors (Lipinski definition) is 4.